The Bertz CT molecular complexity index is 1370. The van der Waals surface area contributed by atoms with Gasteiger partial charge < -0.3 is 10.1 Å². The smallest absolute Gasteiger partial charge is 0.251 e. The van der Waals surface area contributed by atoms with E-state index in [-0.39, 0.29) is 30.2 Å². The largest absolute Gasteiger partial charge is 0.475 e. The number of nitrogens with zero attached hydrogens (tertiary/aromatic N) is 3. The number of rotatable bonds is 7. The molecular formula is C27H27F2N5O2. The highest BCUT2D eigenvalue weighted by molar-refractivity contribution is 6.01. The molecule has 1 atom stereocenters. The highest BCUT2D eigenvalue weighted by Crippen LogP contribution is 2.28. The lowest BCUT2D eigenvalue weighted by atomic mass is 10.1. The zero-order chi connectivity index (χ0) is 25.2. The molecular weight excluding hydrogens is 464 g/mol. The van der Waals surface area contributed by atoms with Crippen LogP contribution in [0.3, 0.4) is 0 Å². The standard InChI is InChI=1S/C27H27F2N5O2/c1-16(2)36-25-9-7-18(13-30-25)26-20-12-17(6-8-24(20)32-33-26)27(35)31-19-10-11-34(14-19)15-21-22(28)4-3-5-23(21)29/h3-9,12-13,16,19H,10-11,14-15H2,1-2H3,(H,31,35)(H,32,33)/t19-/m1/s1. The molecule has 0 aliphatic carbocycles. The van der Waals surface area contributed by atoms with Gasteiger partial charge in [-0.1, -0.05) is 6.07 Å². The second-order valence-electron chi connectivity index (χ2n) is 9.28. The summed E-state index contributed by atoms with van der Waals surface area (Å²) in [7, 11) is 0. The summed E-state index contributed by atoms with van der Waals surface area (Å²) in [5, 5.41) is 11.3. The van der Waals surface area contributed by atoms with Crippen molar-refractivity contribution in [2.24, 2.45) is 0 Å². The first-order valence-corrected chi connectivity index (χ1v) is 11.9. The van der Waals surface area contributed by atoms with Crippen molar-refractivity contribution >= 4 is 16.8 Å². The van der Waals surface area contributed by atoms with Crippen molar-refractivity contribution < 1.29 is 18.3 Å². The zero-order valence-electron chi connectivity index (χ0n) is 20.1. The minimum absolute atomic E-state index is 0.0308. The van der Waals surface area contributed by atoms with Gasteiger partial charge >= 0.3 is 0 Å². The van der Waals surface area contributed by atoms with Gasteiger partial charge in [-0.15, -0.1) is 0 Å². The van der Waals surface area contributed by atoms with Gasteiger partial charge in [-0.2, -0.15) is 5.10 Å². The summed E-state index contributed by atoms with van der Waals surface area (Å²) in [6.45, 7) is 5.22. The molecule has 0 spiro atoms. The molecule has 4 aromatic rings. The maximum atomic E-state index is 14.0. The number of aromatic amines is 1. The molecule has 186 valence electrons. The number of H-pyrrole nitrogens is 1. The molecule has 1 aliphatic heterocycles. The number of benzene rings is 2. The normalized spacial score (nSPS) is 16.1. The summed E-state index contributed by atoms with van der Waals surface area (Å²) in [6, 6.07) is 12.8. The van der Waals surface area contributed by atoms with Gasteiger partial charge in [-0.3, -0.25) is 14.8 Å². The Labute approximate surface area is 207 Å². The Kier molecular flexibility index (Phi) is 6.65. The van der Waals surface area contributed by atoms with Gasteiger partial charge in [0.15, 0.2) is 0 Å². The molecule has 2 aromatic carbocycles. The van der Waals surface area contributed by atoms with Crippen LogP contribution in [0.4, 0.5) is 8.78 Å². The van der Waals surface area contributed by atoms with Gasteiger partial charge in [-0.25, -0.2) is 13.8 Å². The number of carbonyl (C=O) groups is 1. The fourth-order valence-electron chi connectivity index (χ4n) is 4.48. The predicted octanol–water partition coefficient (Wildman–Crippen LogP) is 4.69. The van der Waals surface area contributed by atoms with Gasteiger partial charge in [0.25, 0.3) is 5.91 Å². The van der Waals surface area contributed by atoms with Crippen LogP contribution in [0.25, 0.3) is 22.2 Å². The molecule has 0 bridgehead atoms. The highest BCUT2D eigenvalue weighted by atomic mass is 19.1. The molecule has 9 heteroatoms. The van der Waals surface area contributed by atoms with Crippen LogP contribution in [0.2, 0.25) is 0 Å². The summed E-state index contributed by atoms with van der Waals surface area (Å²) < 4.78 is 33.6. The number of hydrogen-bond acceptors (Lipinski definition) is 5. The number of hydrogen-bond donors (Lipinski definition) is 2. The SMILES string of the molecule is CC(C)Oc1ccc(-c2n[nH]c3ccc(C(=O)N[C@@H]4CCN(Cc5c(F)cccc5F)C4)cc23)cn1. The summed E-state index contributed by atoms with van der Waals surface area (Å²) in [4.78, 5) is 19.3. The molecule has 1 saturated heterocycles. The lowest BCUT2D eigenvalue weighted by Gasteiger charge is -2.17. The molecule has 2 aromatic heterocycles. The number of pyridine rings is 1. The van der Waals surface area contributed by atoms with Crippen LogP contribution >= 0.6 is 0 Å². The number of amides is 1. The van der Waals surface area contributed by atoms with E-state index in [1.807, 2.05) is 36.9 Å². The van der Waals surface area contributed by atoms with E-state index in [1.54, 1.807) is 18.3 Å². The number of fused-ring (bicyclic) bond motifs is 1. The average molecular weight is 492 g/mol. The van der Waals surface area contributed by atoms with Crippen LogP contribution in [-0.2, 0) is 6.54 Å². The number of ether oxygens (including phenoxy) is 1. The number of aromatic nitrogens is 3. The lowest BCUT2D eigenvalue weighted by Crippen LogP contribution is -2.37. The summed E-state index contributed by atoms with van der Waals surface area (Å²) >= 11 is 0. The highest BCUT2D eigenvalue weighted by Gasteiger charge is 2.26. The molecule has 3 heterocycles. The molecule has 1 aliphatic rings. The van der Waals surface area contributed by atoms with Gasteiger partial charge in [0, 0.05) is 60.0 Å². The quantitative estimate of drug-likeness (QED) is 0.392. The Morgan fingerprint density at radius 1 is 1.19 bits per heavy atom. The van der Waals surface area contributed by atoms with Crippen molar-refractivity contribution in [3.63, 3.8) is 0 Å². The Morgan fingerprint density at radius 3 is 2.72 bits per heavy atom. The van der Waals surface area contributed by atoms with E-state index in [4.69, 9.17) is 4.74 Å². The third-order valence-electron chi connectivity index (χ3n) is 6.24. The lowest BCUT2D eigenvalue weighted by molar-refractivity contribution is 0.0937. The second-order valence-corrected chi connectivity index (χ2v) is 9.28. The molecule has 1 fully saturated rings. The summed E-state index contributed by atoms with van der Waals surface area (Å²) in [6.07, 6.45) is 2.44. The molecule has 2 N–H and O–H groups in total. The first-order chi connectivity index (χ1) is 17.4. The van der Waals surface area contributed by atoms with E-state index >= 15 is 0 Å². The van der Waals surface area contributed by atoms with Crippen molar-refractivity contribution in [3.8, 4) is 17.1 Å². The van der Waals surface area contributed by atoms with E-state index in [0.29, 0.717) is 36.6 Å². The number of nitrogens with one attached hydrogen (secondary N) is 2. The minimum Gasteiger partial charge on any atom is -0.475 e. The summed E-state index contributed by atoms with van der Waals surface area (Å²) in [5.41, 5.74) is 2.88. The van der Waals surface area contributed by atoms with Gasteiger partial charge in [0.1, 0.15) is 17.3 Å². The van der Waals surface area contributed by atoms with Crippen LogP contribution in [0, 0.1) is 11.6 Å². The maximum absolute atomic E-state index is 14.0. The van der Waals surface area contributed by atoms with Gasteiger partial charge in [-0.05, 0) is 56.7 Å². The summed E-state index contributed by atoms with van der Waals surface area (Å²) in [5.74, 6) is -0.767. The monoisotopic (exact) mass is 491 g/mol. The Hall–Kier alpha value is -3.85. The fraction of sp³-hybridized carbons (Fsp3) is 0.296. The molecule has 1 amide bonds. The van der Waals surface area contributed by atoms with Crippen molar-refractivity contribution in [1.29, 1.82) is 0 Å². The maximum Gasteiger partial charge on any atom is 0.251 e. The van der Waals surface area contributed by atoms with Crippen LogP contribution in [0.1, 0.15) is 36.2 Å². The van der Waals surface area contributed by atoms with Crippen molar-refractivity contribution in [3.05, 3.63) is 77.5 Å². The Morgan fingerprint density at radius 2 is 2.00 bits per heavy atom. The zero-order valence-corrected chi connectivity index (χ0v) is 20.1. The molecule has 7 nitrogen and oxygen atoms in total. The van der Waals surface area contributed by atoms with Crippen LogP contribution in [0.5, 0.6) is 5.88 Å². The third kappa shape index (κ3) is 5.06. The van der Waals surface area contributed by atoms with Gasteiger partial charge in [0.2, 0.25) is 5.88 Å². The molecule has 0 radical (unpaired) electrons. The van der Waals surface area contributed by atoms with E-state index < -0.39 is 11.6 Å². The average Bonchev–Trinajstić information content (AvgIpc) is 3.48. The van der Waals surface area contributed by atoms with Crippen LogP contribution < -0.4 is 10.1 Å². The first-order valence-electron chi connectivity index (χ1n) is 11.9. The van der Waals surface area contributed by atoms with Crippen molar-refractivity contribution in [2.75, 3.05) is 13.1 Å². The van der Waals surface area contributed by atoms with Crippen LogP contribution in [0.15, 0.2) is 54.7 Å². The van der Waals surface area contributed by atoms with E-state index in [9.17, 15) is 13.6 Å². The second kappa shape index (κ2) is 10.0. The number of halogens is 2. The van der Waals surface area contributed by atoms with Crippen LogP contribution in [-0.4, -0.2) is 51.2 Å². The Balaban J connectivity index is 1.27. The molecule has 0 unspecified atom stereocenters. The number of likely N-dealkylation sites (tertiary alicyclic amines) is 1. The predicted molar refractivity (Wildman–Crippen MR) is 133 cm³/mol. The van der Waals surface area contributed by atoms with E-state index in [0.717, 1.165) is 16.5 Å². The van der Waals surface area contributed by atoms with Crippen molar-refractivity contribution in [2.45, 2.75) is 39.0 Å². The number of carbonyl (C=O) groups excluding carboxylic acids is 1. The topological polar surface area (TPSA) is 83.1 Å². The fourth-order valence-corrected chi connectivity index (χ4v) is 4.48. The molecule has 0 saturated carbocycles. The first kappa shape index (κ1) is 23.9. The third-order valence-corrected chi connectivity index (χ3v) is 6.24. The minimum atomic E-state index is -0.552. The molecule has 36 heavy (non-hydrogen) atoms. The molecule has 5 rings (SSSR count). The van der Waals surface area contributed by atoms with Crippen molar-refractivity contribution in [1.82, 2.24) is 25.4 Å². The van der Waals surface area contributed by atoms with Gasteiger partial charge in [0.05, 0.1) is 11.6 Å². The van der Waals surface area contributed by atoms with E-state index in [2.05, 4.69) is 20.5 Å². The van der Waals surface area contributed by atoms with E-state index in [1.165, 1.54) is 18.2 Å².